The van der Waals surface area contributed by atoms with Crippen LogP contribution in [0.15, 0.2) is 243 Å². The Labute approximate surface area is 501 Å². The first kappa shape index (κ1) is 64.6. The van der Waals surface area contributed by atoms with E-state index in [1.165, 1.54) is 14.2 Å². The fourth-order valence-electron chi connectivity index (χ4n) is 8.95. The molecule has 0 saturated heterocycles. The summed E-state index contributed by atoms with van der Waals surface area (Å²) in [6.45, 7) is -2.63. The van der Waals surface area contributed by atoms with Crippen LogP contribution < -0.4 is 0 Å². The highest BCUT2D eigenvalue weighted by molar-refractivity contribution is 7.49. The number of phosphoric acid groups is 4. The number of benzene rings is 8. The zero-order valence-electron chi connectivity index (χ0n) is 47.4. The van der Waals surface area contributed by atoms with E-state index in [1.807, 2.05) is 24.3 Å². The second-order valence-corrected chi connectivity index (χ2v) is 26.0. The molecule has 0 aliphatic heterocycles. The maximum atomic E-state index is 16.1. The summed E-state index contributed by atoms with van der Waals surface area (Å²) >= 11 is 0. The average Bonchev–Trinajstić information content (AvgIpc) is 1.54. The zero-order chi connectivity index (χ0) is 59.9. The van der Waals surface area contributed by atoms with Crippen LogP contribution in [0.5, 0.6) is 0 Å². The third-order valence-corrected chi connectivity index (χ3v) is 18.9. The summed E-state index contributed by atoms with van der Waals surface area (Å²) in [5.74, 6) is 0. The second kappa shape index (κ2) is 32.4. The Hall–Kier alpha value is -5.88. The lowest BCUT2D eigenvalue weighted by molar-refractivity contribution is -0.226. The number of methoxy groups -OCH3 is 2. The van der Waals surface area contributed by atoms with Crippen molar-refractivity contribution >= 4 is 31.3 Å². The van der Waals surface area contributed by atoms with Crippen molar-refractivity contribution in [3.8, 4) is 0 Å². The smallest absolute Gasteiger partial charge is 0.376 e. The lowest BCUT2D eigenvalue weighted by Crippen LogP contribution is -2.66. The van der Waals surface area contributed by atoms with E-state index in [1.54, 1.807) is 218 Å². The minimum Gasteiger partial charge on any atom is -0.376 e. The third-order valence-electron chi connectivity index (χ3n) is 13.3. The maximum Gasteiger partial charge on any atom is 0.475 e. The predicted molar refractivity (Wildman–Crippen MR) is 321 cm³/mol. The van der Waals surface area contributed by atoms with Crippen LogP contribution in [0.3, 0.4) is 0 Å². The van der Waals surface area contributed by atoms with Gasteiger partial charge in [0, 0.05) is 14.2 Å². The first-order valence-corrected chi connectivity index (χ1v) is 33.4. The number of ether oxygens (including phenoxy) is 2. The number of phosphoric ester groups is 4. The zero-order valence-corrected chi connectivity index (χ0v) is 50.9. The minimum absolute atomic E-state index is 0.308. The molecule has 1 saturated carbocycles. The van der Waals surface area contributed by atoms with Crippen LogP contribution in [-0.4, -0.2) is 50.8 Å². The lowest BCUT2D eigenvalue weighted by atomic mass is 9.84. The lowest BCUT2D eigenvalue weighted by Gasteiger charge is -2.49. The molecule has 0 unspecified atom stereocenters. The molecule has 0 spiro atoms. The van der Waals surface area contributed by atoms with Gasteiger partial charge in [-0.25, -0.2) is 18.3 Å². The van der Waals surface area contributed by atoms with Crippen molar-refractivity contribution in [2.75, 3.05) is 14.2 Å². The fraction of sp³-hybridized carbons (Fsp3) is 0.250. The molecule has 9 rings (SSSR count). The number of rotatable bonds is 34. The van der Waals surface area contributed by atoms with Crippen LogP contribution in [0.1, 0.15) is 44.5 Å². The molecule has 8 aromatic rings. The summed E-state index contributed by atoms with van der Waals surface area (Å²) in [6, 6.07) is 70.8. The first-order chi connectivity index (χ1) is 41.9. The summed E-state index contributed by atoms with van der Waals surface area (Å²) in [5, 5.41) is 0. The molecular weight excluding hydrogens is 1180 g/mol. The van der Waals surface area contributed by atoms with Crippen molar-refractivity contribution in [2.24, 2.45) is 0 Å². The molecule has 22 heteroatoms. The van der Waals surface area contributed by atoms with E-state index in [0.717, 1.165) is 0 Å². The highest BCUT2D eigenvalue weighted by Gasteiger charge is 2.62. The SMILES string of the molecule is CO[C@@H]1[C@H](OC)[C@@H](OP(=O)(OCc2ccccc2)OCc2ccccc2)[C@H](OP(=O)(OCc2ccccc2)OCc2ccccc2)[C@@H](OP(=O)(OCc2ccccc2)OCc2ccccc2)[C@@H]1OP(=O)(OCc1ccccc1)OCc1ccccc1. The Kier molecular flexibility index (Phi) is 24.3. The van der Waals surface area contributed by atoms with Crippen molar-refractivity contribution < 1.29 is 82.0 Å². The second-order valence-electron chi connectivity index (χ2n) is 19.5. The summed E-state index contributed by atoms with van der Waals surface area (Å²) in [6.07, 6.45) is -11.2. The Bertz CT molecular complexity index is 3020. The van der Waals surface area contributed by atoms with Gasteiger partial charge in [-0.3, -0.25) is 54.3 Å². The van der Waals surface area contributed by atoms with Crippen LogP contribution in [0, 0.1) is 0 Å². The van der Waals surface area contributed by atoms with Crippen LogP contribution >= 0.6 is 31.3 Å². The van der Waals surface area contributed by atoms with E-state index in [9.17, 15) is 0 Å². The van der Waals surface area contributed by atoms with Gasteiger partial charge in [0.1, 0.15) is 36.6 Å². The van der Waals surface area contributed by atoms with Crippen LogP contribution in [0.2, 0.25) is 0 Å². The van der Waals surface area contributed by atoms with Crippen molar-refractivity contribution in [1.82, 2.24) is 0 Å². The highest BCUT2D eigenvalue weighted by atomic mass is 31.2. The van der Waals surface area contributed by atoms with E-state index in [-0.39, 0.29) is 52.9 Å². The molecule has 452 valence electrons. The van der Waals surface area contributed by atoms with Gasteiger partial charge in [-0.05, 0) is 44.5 Å². The largest absolute Gasteiger partial charge is 0.475 e. The molecule has 1 aliphatic rings. The molecule has 0 N–H and O–H groups in total. The van der Waals surface area contributed by atoms with Gasteiger partial charge in [-0.1, -0.05) is 243 Å². The molecule has 1 fully saturated rings. The van der Waals surface area contributed by atoms with E-state index >= 15 is 18.3 Å². The summed E-state index contributed by atoms with van der Waals surface area (Å²) < 4.78 is 154. The Morgan fingerprint density at radius 2 is 0.349 bits per heavy atom. The Morgan fingerprint density at radius 1 is 0.221 bits per heavy atom. The molecule has 8 aromatic carbocycles. The van der Waals surface area contributed by atoms with E-state index in [4.69, 9.17) is 63.8 Å². The van der Waals surface area contributed by atoms with E-state index in [0.29, 0.717) is 44.5 Å². The average molecular weight is 1250 g/mol. The molecule has 1 aliphatic carbocycles. The van der Waals surface area contributed by atoms with E-state index < -0.39 is 67.9 Å². The number of hydrogen-bond donors (Lipinski definition) is 0. The van der Waals surface area contributed by atoms with Crippen LogP contribution in [-0.2, 0) is 135 Å². The Morgan fingerprint density at radius 3 is 0.477 bits per heavy atom. The van der Waals surface area contributed by atoms with Gasteiger partial charge in [-0.2, -0.15) is 0 Å². The molecule has 0 heterocycles. The molecule has 0 radical (unpaired) electrons. The fourth-order valence-corrected chi connectivity index (χ4v) is 14.3. The molecule has 0 amide bonds. The van der Waals surface area contributed by atoms with Gasteiger partial charge >= 0.3 is 31.3 Å². The number of hydrogen-bond acceptors (Lipinski definition) is 18. The monoisotopic (exact) mass is 1250 g/mol. The maximum absolute atomic E-state index is 16.1. The molecule has 86 heavy (non-hydrogen) atoms. The molecule has 0 aromatic heterocycles. The van der Waals surface area contributed by atoms with Gasteiger partial charge in [0.2, 0.25) is 0 Å². The van der Waals surface area contributed by atoms with Gasteiger partial charge in [0.05, 0.1) is 52.9 Å². The minimum atomic E-state index is -5.11. The van der Waals surface area contributed by atoms with Crippen molar-refractivity contribution in [2.45, 2.75) is 89.5 Å². The quantitative estimate of drug-likeness (QED) is 0.0345. The van der Waals surface area contributed by atoms with Gasteiger partial charge in [0.25, 0.3) is 0 Å². The van der Waals surface area contributed by atoms with Gasteiger partial charge < -0.3 is 9.47 Å². The summed E-state index contributed by atoms with van der Waals surface area (Å²) in [7, 11) is -17.6. The molecule has 0 bridgehead atoms. The van der Waals surface area contributed by atoms with Crippen molar-refractivity contribution in [3.63, 3.8) is 0 Å². The Balaban J connectivity index is 1.22. The van der Waals surface area contributed by atoms with Crippen molar-refractivity contribution in [1.29, 1.82) is 0 Å². The van der Waals surface area contributed by atoms with Crippen LogP contribution in [0.4, 0.5) is 0 Å². The summed E-state index contributed by atoms with van der Waals surface area (Å²) in [5.41, 5.74) is 4.61. The highest BCUT2D eigenvalue weighted by Crippen LogP contribution is 2.63. The van der Waals surface area contributed by atoms with Gasteiger partial charge in [-0.15, -0.1) is 0 Å². The molecule has 18 nitrogen and oxygen atoms in total. The molecular formula is C64H68O18P4. The van der Waals surface area contributed by atoms with Crippen LogP contribution in [0.25, 0.3) is 0 Å². The predicted octanol–water partition coefficient (Wildman–Crippen LogP) is 15.7. The normalized spacial score (nSPS) is 18.4. The van der Waals surface area contributed by atoms with E-state index in [2.05, 4.69) is 0 Å². The standard InChI is InChI=1S/C64H68O18P4/c1-69-59-60(70-2)62(80-84(66,73-45-53-31-15-5-16-32-53)74-46-54-33-17-6-18-34-54)64(82-86(68,77-49-57-39-23-9-24-40-57)78-50-58-41-25-10-26-42-58)63(81-85(67,75-47-55-35-19-7-20-36-55)76-48-56-37-21-8-22-38-56)61(59)79-83(65,71-43-51-27-11-3-12-28-51)72-44-52-29-13-4-14-30-52/h3-42,59-64H,43-50H2,1-2H3/t59-,60+,61-,62-,63+,64+/m1/s1. The summed E-state index contributed by atoms with van der Waals surface area (Å²) in [4.78, 5) is 0. The van der Waals surface area contributed by atoms with Gasteiger partial charge in [0.15, 0.2) is 0 Å². The van der Waals surface area contributed by atoms with Crippen molar-refractivity contribution in [3.05, 3.63) is 287 Å². The third kappa shape index (κ3) is 19.6. The topological polar surface area (TPSA) is 197 Å². The molecule has 6 atom stereocenters. The first-order valence-electron chi connectivity index (χ1n) is 27.6.